The molecule has 0 atom stereocenters. The second-order valence-corrected chi connectivity index (χ2v) is 6.53. The predicted octanol–water partition coefficient (Wildman–Crippen LogP) is 2.39. The molecule has 1 N–H and O–H groups in total. The summed E-state index contributed by atoms with van der Waals surface area (Å²) in [6.07, 6.45) is 1.03. The first-order valence-electron chi connectivity index (χ1n) is 8.08. The number of nitrogens with zero attached hydrogens (tertiary/aromatic N) is 1. The van der Waals surface area contributed by atoms with Gasteiger partial charge in [0, 0.05) is 18.8 Å². The molecule has 132 valence electrons. The Morgan fingerprint density at radius 1 is 1.33 bits per heavy atom. The van der Waals surface area contributed by atoms with E-state index in [1.807, 2.05) is 6.07 Å². The summed E-state index contributed by atoms with van der Waals surface area (Å²) in [5.41, 5.74) is 1.79. The third-order valence-electron chi connectivity index (χ3n) is 3.64. The number of carbonyl (C=O) groups excluding carboxylic acids is 2. The van der Waals surface area contributed by atoms with Crippen molar-refractivity contribution in [3.05, 3.63) is 23.8 Å². The molecule has 0 radical (unpaired) electrons. The predicted molar refractivity (Wildman–Crippen MR) is 97.1 cm³/mol. The molecular weight excluding hydrogens is 328 g/mol. The van der Waals surface area contributed by atoms with Crippen molar-refractivity contribution in [2.75, 3.05) is 55.1 Å². The zero-order valence-electron chi connectivity index (χ0n) is 14.2. The van der Waals surface area contributed by atoms with Gasteiger partial charge in [-0.3, -0.25) is 4.79 Å². The molecule has 1 aromatic carbocycles. The van der Waals surface area contributed by atoms with Crippen LogP contribution in [0.3, 0.4) is 0 Å². The number of methoxy groups -OCH3 is 1. The maximum Gasteiger partial charge on any atom is 0.340 e. The highest BCUT2D eigenvalue weighted by Crippen LogP contribution is 2.25. The maximum absolute atomic E-state index is 12.1. The average molecular weight is 352 g/mol. The van der Waals surface area contributed by atoms with Gasteiger partial charge in [-0.25, -0.2) is 4.79 Å². The molecule has 0 aromatic heterocycles. The molecule has 1 saturated heterocycles. The molecule has 0 spiro atoms. The molecule has 2 rings (SSSR count). The lowest BCUT2D eigenvalue weighted by Crippen LogP contribution is -2.36. The summed E-state index contributed by atoms with van der Waals surface area (Å²) in [7, 11) is 1.34. The van der Waals surface area contributed by atoms with Crippen molar-refractivity contribution in [3.63, 3.8) is 0 Å². The molecule has 1 heterocycles. The molecule has 0 bridgehead atoms. The summed E-state index contributed by atoms with van der Waals surface area (Å²) < 4.78 is 10.2. The standard InChI is InChI=1S/C17H24N2O4S/c1-3-10-24-12-16(20)18-15-5-4-13(11-14(15)17(21)22-2)19-6-8-23-9-7-19/h4-5,11H,3,6-10,12H2,1-2H3,(H,18,20). The van der Waals surface area contributed by atoms with Gasteiger partial charge in [-0.05, 0) is 30.4 Å². The molecule has 1 amide bonds. The van der Waals surface area contributed by atoms with Gasteiger partial charge in [0.25, 0.3) is 0 Å². The lowest BCUT2D eigenvalue weighted by atomic mass is 10.1. The van der Waals surface area contributed by atoms with Crippen LogP contribution in [-0.2, 0) is 14.3 Å². The second kappa shape index (κ2) is 9.54. The zero-order chi connectivity index (χ0) is 17.4. The van der Waals surface area contributed by atoms with Crippen LogP contribution in [0.25, 0.3) is 0 Å². The fourth-order valence-electron chi connectivity index (χ4n) is 2.43. The number of morpholine rings is 1. The second-order valence-electron chi connectivity index (χ2n) is 5.42. The van der Waals surface area contributed by atoms with E-state index in [0.29, 0.717) is 30.2 Å². The van der Waals surface area contributed by atoms with Crippen LogP contribution in [-0.4, -0.2) is 56.8 Å². The Bertz CT molecular complexity index is 574. The monoisotopic (exact) mass is 352 g/mol. The number of rotatable bonds is 7. The Morgan fingerprint density at radius 2 is 2.08 bits per heavy atom. The number of carbonyl (C=O) groups is 2. The Kier molecular flexibility index (Phi) is 7.39. The number of anilines is 2. The summed E-state index contributed by atoms with van der Waals surface area (Å²) in [6.45, 7) is 4.96. The van der Waals surface area contributed by atoms with Crippen LogP contribution in [0.15, 0.2) is 18.2 Å². The highest BCUT2D eigenvalue weighted by atomic mass is 32.2. The summed E-state index contributed by atoms with van der Waals surface area (Å²) in [5, 5.41) is 2.81. The molecular formula is C17H24N2O4S. The first-order chi connectivity index (χ1) is 11.7. The van der Waals surface area contributed by atoms with Gasteiger partial charge >= 0.3 is 5.97 Å². The van der Waals surface area contributed by atoms with Gasteiger partial charge in [0.1, 0.15) is 0 Å². The van der Waals surface area contributed by atoms with Crippen molar-refractivity contribution in [3.8, 4) is 0 Å². The van der Waals surface area contributed by atoms with E-state index in [0.717, 1.165) is 31.0 Å². The number of hydrogen-bond donors (Lipinski definition) is 1. The molecule has 24 heavy (non-hydrogen) atoms. The Balaban J connectivity index is 2.14. The summed E-state index contributed by atoms with van der Waals surface area (Å²) in [5.74, 6) is 0.742. The minimum atomic E-state index is -0.457. The van der Waals surface area contributed by atoms with Gasteiger partial charge in [-0.1, -0.05) is 6.92 Å². The summed E-state index contributed by atoms with van der Waals surface area (Å²) >= 11 is 1.58. The fraction of sp³-hybridized carbons (Fsp3) is 0.529. The van der Waals surface area contributed by atoms with Crippen LogP contribution in [0, 0.1) is 0 Å². The molecule has 1 aliphatic rings. The van der Waals surface area contributed by atoms with Crippen molar-refractivity contribution >= 4 is 35.0 Å². The number of esters is 1. The maximum atomic E-state index is 12.1. The van der Waals surface area contributed by atoms with E-state index in [2.05, 4.69) is 17.1 Å². The highest BCUT2D eigenvalue weighted by molar-refractivity contribution is 7.99. The number of thioether (sulfide) groups is 1. The minimum Gasteiger partial charge on any atom is -0.465 e. The van der Waals surface area contributed by atoms with Crippen LogP contribution in [0.2, 0.25) is 0 Å². The lowest BCUT2D eigenvalue weighted by Gasteiger charge is -2.29. The van der Waals surface area contributed by atoms with E-state index in [4.69, 9.17) is 9.47 Å². The molecule has 0 aliphatic carbocycles. The van der Waals surface area contributed by atoms with Crippen LogP contribution < -0.4 is 10.2 Å². The van der Waals surface area contributed by atoms with Gasteiger partial charge in [0.05, 0.1) is 37.3 Å². The number of amides is 1. The van der Waals surface area contributed by atoms with E-state index in [1.54, 1.807) is 23.9 Å². The lowest BCUT2D eigenvalue weighted by molar-refractivity contribution is -0.113. The van der Waals surface area contributed by atoms with Crippen molar-refractivity contribution in [2.45, 2.75) is 13.3 Å². The van der Waals surface area contributed by atoms with Crippen LogP contribution >= 0.6 is 11.8 Å². The molecule has 0 saturated carbocycles. The SMILES string of the molecule is CCCSCC(=O)Nc1ccc(N2CCOCC2)cc1C(=O)OC. The van der Waals surface area contributed by atoms with E-state index < -0.39 is 5.97 Å². The van der Waals surface area contributed by atoms with Crippen LogP contribution in [0.1, 0.15) is 23.7 Å². The molecule has 1 aromatic rings. The zero-order valence-corrected chi connectivity index (χ0v) is 15.0. The van der Waals surface area contributed by atoms with Gasteiger partial charge in [-0.2, -0.15) is 11.8 Å². The normalized spacial score (nSPS) is 14.3. The van der Waals surface area contributed by atoms with Crippen LogP contribution in [0.5, 0.6) is 0 Å². The minimum absolute atomic E-state index is 0.113. The Morgan fingerprint density at radius 3 is 2.75 bits per heavy atom. The van der Waals surface area contributed by atoms with Gasteiger partial charge in [-0.15, -0.1) is 0 Å². The van der Waals surface area contributed by atoms with E-state index >= 15 is 0 Å². The van der Waals surface area contributed by atoms with Crippen molar-refractivity contribution in [1.29, 1.82) is 0 Å². The Hall–Kier alpha value is -1.73. The quantitative estimate of drug-likeness (QED) is 0.600. The largest absolute Gasteiger partial charge is 0.465 e. The molecule has 6 nitrogen and oxygen atoms in total. The van der Waals surface area contributed by atoms with Gasteiger partial charge in [0.2, 0.25) is 5.91 Å². The number of ether oxygens (including phenoxy) is 2. The third kappa shape index (κ3) is 5.14. The third-order valence-corrected chi connectivity index (χ3v) is 4.80. The fourth-order valence-corrected chi connectivity index (χ4v) is 3.12. The van der Waals surface area contributed by atoms with Crippen molar-refractivity contribution in [2.24, 2.45) is 0 Å². The average Bonchev–Trinajstić information content (AvgIpc) is 2.62. The molecule has 7 heteroatoms. The van der Waals surface area contributed by atoms with E-state index in [9.17, 15) is 9.59 Å². The smallest absolute Gasteiger partial charge is 0.340 e. The number of benzene rings is 1. The van der Waals surface area contributed by atoms with E-state index in [1.165, 1.54) is 7.11 Å². The van der Waals surface area contributed by atoms with Crippen LogP contribution in [0.4, 0.5) is 11.4 Å². The van der Waals surface area contributed by atoms with Gasteiger partial charge < -0.3 is 19.7 Å². The van der Waals surface area contributed by atoms with Crippen molar-refractivity contribution < 1.29 is 19.1 Å². The Labute approximate surface area is 146 Å². The first-order valence-corrected chi connectivity index (χ1v) is 9.23. The summed E-state index contributed by atoms with van der Waals surface area (Å²) in [4.78, 5) is 26.3. The number of nitrogens with one attached hydrogen (secondary N) is 1. The summed E-state index contributed by atoms with van der Waals surface area (Å²) in [6, 6.07) is 5.44. The molecule has 1 fully saturated rings. The van der Waals surface area contributed by atoms with Crippen molar-refractivity contribution in [1.82, 2.24) is 0 Å². The van der Waals surface area contributed by atoms with E-state index in [-0.39, 0.29) is 5.91 Å². The van der Waals surface area contributed by atoms with Gasteiger partial charge in [0.15, 0.2) is 0 Å². The molecule has 0 unspecified atom stereocenters. The highest BCUT2D eigenvalue weighted by Gasteiger charge is 2.18. The molecule has 1 aliphatic heterocycles. The first kappa shape index (κ1) is 18.6. The topological polar surface area (TPSA) is 67.9 Å². The number of hydrogen-bond acceptors (Lipinski definition) is 6.